The van der Waals surface area contributed by atoms with Crippen molar-refractivity contribution in [3.63, 3.8) is 0 Å². The second kappa shape index (κ2) is 4.27. The molecule has 0 saturated heterocycles. The molecule has 0 spiro atoms. The Hall–Kier alpha value is -1.72. The molecular weight excluding hydrogens is 237 g/mol. The largest absolute Gasteiger partial charge is 0.489 e. The van der Waals surface area contributed by atoms with Crippen LogP contribution in [0.15, 0.2) is 12.1 Å². The maximum atomic E-state index is 12.7. The van der Waals surface area contributed by atoms with Gasteiger partial charge in [-0.25, -0.2) is 0 Å². The van der Waals surface area contributed by atoms with Crippen LogP contribution >= 0.6 is 0 Å². The van der Waals surface area contributed by atoms with E-state index in [0.29, 0.717) is 12.7 Å². The quantitative estimate of drug-likeness (QED) is 0.714. The molecule has 1 aliphatic heterocycles. The molecule has 92 valence electrons. The van der Waals surface area contributed by atoms with Crippen molar-refractivity contribution < 1.29 is 27.4 Å². The summed E-state index contributed by atoms with van der Waals surface area (Å²) in [4.78, 5) is 10.7. The van der Waals surface area contributed by atoms with E-state index < -0.39 is 11.7 Å². The Balaban J connectivity index is 2.61. The van der Waals surface area contributed by atoms with E-state index in [-0.39, 0.29) is 30.3 Å². The van der Waals surface area contributed by atoms with Gasteiger partial charge in [0.2, 0.25) is 0 Å². The summed E-state index contributed by atoms with van der Waals surface area (Å²) in [6, 6.07) is 1.92. The molecule has 0 unspecified atom stereocenters. The fourth-order valence-electron chi connectivity index (χ4n) is 1.59. The molecule has 0 bridgehead atoms. The summed E-state index contributed by atoms with van der Waals surface area (Å²) in [5, 5.41) is 0. The number of fused-ring (bicyclic) bond motifs is 1. The lowest BCUT2D eigenvalue weighted by Gasteiger charge is -2.15. The van der Waals surface area contributed by atoms with Crippen molar-refractivity contribution in [3.8, 4) is 11.5 Å². The number of carbonyl (C=O) groups excluding carboxylic acids is 1. The molecule has 1 aromatic rings. The first-order valence-corrected chi connectivity index (χ1v) is 4.99. The number of rotatable bonds is 1. The third-order valence-electron chi connectivity index (χ3n) is 2.36. The van der Waals surface area contributed by atoms with Gasteiger partial charge >= 0.3 is 6.18 Å². The third kappa shape index (κ3) is 2.20. The van der Waals surface area contributed by atoms with Gasteiger partial charge in [-0.2, -0.15) is 13.2 Å². The highest BCUT2D eigenvalue weighted by Gasteiger charge is 2.37. The van der Waals surface area contributed by atoms with Gasteiger partial charge in [-0.1, -0.05) is 0 Å². The third-order valence-corrected chi connectivity index (χ3v) is 2.36. The summed E-state index contributed by atoms with van der Waals surface area (Å²) in [7, 11) is 0. The Morgan fingerprint density at radius 2 is 1.76 bits per heavy atom. The smallest absolute Gasteiger partial charge is 0.420 e. The van der Waals surface area contributed by atoms with Crippen LogP contribution in [0, 0.1) is 0 Å². The summed E-state index contributed by atoms with van der Waals surface area (Å²) in [5.41, 5.74) is -0.852. The van der Waals surface area contributed by atoms with Crippen molar-refractivity contribution in [2.24, 2.45) is 0 Å². The highest BCUT2D eigenvalue weighted by Crippen LogP contribution is 2.43. The number of halogens is 3. The van der Waals surface area contributed by atoms with Crippen molar-refractivity contribution in [3.05, 3.63) is 23.3 Å². The lowest BCUT2D eigenvalue weighted by molar-refractivity contribution is -0.139. The Labute approximate surface area is 95.1 Å². The van der Waals surface area contributed by atoms with Gasteiger partial charge in [-0.3, -0.25) is 4.79 Å². The molecule has 1 aliphatic rings. The lowest BCUT2D eigenvalue weighted by Crippen LogP contribution is -2.09. The predicted octanol–water partition coefficient (Wildman–Crippen LogP) is 2.68. The van der Waals surface area contributed by atoms with Gasteiger partial charge in [-0.05, 0) is 12.1 Å². The fourth-order valence-corrected chi connectivity index (χ4v) is 1.59. The van der Waals surface area contributed by atoms with E-state index >= 15 is 0 Å². The van der Waals surface area contributed by atoms with E-state index in [1.165, 1.54) is 0 Å². The maximum Gasteiger partial charge on any atom is 0.420 e. The summed E-state index contributed by atoms with van der Waals surface area (Å²) >= 11 is 0. The second-order valence-corrected chi connectivity index (χ2v) is 3.53. The first-order chi connectivity index (χ1) is 8.04. The minimum absolute atomic E-state index is 0.0647. The van der Waals surface area contributed by atoms with Gasteiger partial charge in [0.1, 0.15) is 5.56 Å². The van der Waals surface area contributed by atoms with Gasteiger partial charge < -0.3 is 9.47 Å². The average molecular weight is 246 g/mol. The number of benzene rings is 1. The predicted molar refractivity (Wildman–Crippen MR) is 52.4 cm³/mol. The molecule has 0 saturated carbocycles. The number of hydrogen-bond acceptors (Lipinski definition) is 3. The van der Waals surface area contributed by atoms with Crippen LogP contribution in [0.3, 0.4) is 0 Å². The SMILES string of the molecule is O=Cc1ccc(C(F)(F)F)c2c1OCCCO2. The highest BCUT2D eigenvalue weighted by molar-refractivity contribution is 5.82. The standard InChI is InChI=1S/C11H9F3O3/c12-11(13,14)8-3-2-7(6-15)9-10(8)17-5-1-4-16-9/h2-3,6H,1,4-5H2. The topological polar surface area (TPSA) is 35.5 Å². The number of alkyl halides is 3. The molecule has 1 heterocycles. The van der Waals surface area contributed by atoms with E-state index in [4.69, 9.17) is 9.47 Å². The Bertz CT molecular complexity index is 440. The molecule has 1 aromatic carbocycles. The van der Waals surface area contributed by atoms with Gasteiger partial charge in [0, 0.05) is 6.42 Å². The van der Waals surface area contributed by atoms with Gasteiger partial charge in [0.05, 0.1) is 18.8 Å². The Kier molecular flexibility index (Phi) is 2.95. The molecule has 0 aliphatic carbocycles. The zero-order valence-corrected chi connectivity index (χ0v) is 8.71. The molecule has 17 heavy (non-hydrogen) atoms. The highest BCUT2D eigenvalue weighted by atomic mass is 19.4. The van der Waals surface area contributed by atoms with E-state index in [9.17, 15) is 18.0 Å². The van der Waals surface area contributed by atoms with Crippen molar-refractivity contribution in [2.75, 3.05) is 13.2 Å². The zero-order chi connectivity index (χ0) is 12.5. The van der Waals surface area contributed by atoms with Crippen molar-refractivity contribution >= 4 is 6.29 Å². The molecule has 3 nitrogen and oxygen atoms in total. The molecule has 0 fully saturated rings. The van der Waals surface area contributed by atoms with Crippen LogP contribution in [0.1, 0.15) is 22.3 Å². The van der Waals surface area contributed by atoms with E-state index in [2.05, 4.69) is 0 Å². The first kappa shape index (κ1) is 11.8. The normalized spacial score (nSPS) is 15.2. The number of ether oxygens (including phenoxy) is 2. The maximum absolute atomic E-state index is 12.7. The Morgan fingerprint density at radius 3 is 2.35 bits per heavy atom. The summed E-state index contributed by atoms with van der Waals surface area (Å²) < 4.78 is 48.4. The van der Waals surface area contributed by atoms with Crippen molar-refractivity contribution in [1.29, 1.82) is 0 Å². The molecule has 0 atom stereocenters. The van der Waals surface area contributed by atoms with E-state index in [1.807, 2.05) is 0 Å². The second-order valence-electron chi connectivity index (χ2n) is 3.53. The molecule has 6 heteroatoms. The average Bonchev–Trinajstić information content (AvgIpc) is 2.51. The van der Waals surface area contributed by atoms with E-state index in [1.54, 1.807) is 0 Å². The van der Waals surface area contributed by atoms with Crippen molar-refractivity contribution in [2.45, 2.75) is 12.6 Å². The molecule has 2 rings (SSSR count). The van der Waals surface area contributed by atoms with E-state index in [0.717, 1.165) is 12.1 Å². The number of aldehydes is 1. The number of hydrogen-bond donors (Lipinski definition) is 0. The van der Waals surface area contributed by atoms with Crippen LogP contribution in [0.5, 0.6) is 11.5 Å². The molecule has 0 aromatic heterocycles. The first-order valence-electron chi connectivity index (χ1n) is 4.99. The minimum atomic E-state index is -4.53. The fraction of sp³-hybridized carbons (Fsp3) is 0.364. The summed E-state index contributed by atoms with van der Waals surface area (Å²) in [6.45, 7) is 0.369. The monoisotopic (exact) mass is 246 g/mol. The van der Waals surface area contributed by atoms with Crippen LogP contribution in [-0.4, -0.2) is 19.5 Å². The van der Waals surface area contributed by atoms with Crippen LogP contribution in [0.2, 0.25) is 0 Å². The van der Waals surface area contributed by atoms with Crippen LogP contribution in [-0.2, 0) is 6.18 Å². The van der Waals surface area contributed by atoms with Crippen LogP contribution in [0.4, 0.5) is 13.2 Å². The van der Waals surface area contributed by atoms with Crippen LogP contribution in [0.25, 0.3) is 0 Å². The molecule has 0 N–H and O–H groups in total. The zero-order valence-electron chi connectivity index (χ0n) is 8.71. The minimum Gasteiger partial charge on any atom is -0.489 e. The summed E-state index contributed by atoms with van der Waals surface area (Å²) in [5.74, 6) is -0.507. The number of carbonyl (C=O) groups is 1. The molecule has 0 amide bonds. The molecular formula is C11H9F3O3. The molecule has 0 radical (unpaired) electrons. The van der Waals surface area contributed by atoms with Gasteiger partial charge in [0.15, 0.2) is 17.8 Å². The lowest BCUT2D eigenvalue weighted by atomic mass is 10.1. The summed E-state index contributed by atoms with van der Waals surface area (Å²) in [6.07, 6.45) is -3.60. The van der Waals surface area contributed by atoms with Gasteiger partial charge in [-0.15, -0.1) is 0 Å². The Morgan fingerprint density at radius 1 is 1.12 bits per heavy atom. The van der Waals surface area contributed by atoms with Gasteiger partial charge in [0.25, 0.3) is 0 Å². The van der Waals surface area contributed by atoms with Crippen LogP contribution < -0.4 is 9.47 Å². The van der Waals surface area contributed by atoms with Crippen molar-refractivity contribution in [1.82, 2.24) is 0 Å².